The maximum atomic E-state index is 11.9. The van der Waals surface area contributed by atoms with Crippen LogP contribution in [0.15, 0.2) is 0 Å². The minimum atomic E-state index is -3.20. The molecule has 1 atom stereocenters. The van der Waals surface area contributed by atoms with E-state index in [1.54, 1.807) is 6.92 Å². The first-order valence-electron chi connectivity index (χ1n) is 5.86. The maximum Gasteiger partial charge on any atom is 0.215 e. The number of sulfonamides is 1. The molecule has 1 unspecified atom stereocenters. The normalized spacial score (nSPS) is 20.9. The molecule has 0 aromatic carbocycles. The molecular weight excluding hydrogens is 228 g/mol. The van der Waals surface area contributed by atoms with Crippen LogP contribution in [0.5, 0.6) is 0 Å². The molecule has 0 aromatic heterocycles. The van der Waals surface area contributed by atoms with E-state index in [1.165, 1.54) is 0 Å². The van der Waals surface area contributed by atoms with Crippen molar-refractivity contribution in [1.29, 1.82) is 0 Å². The molecule has 1 heterocycles. The first-order chi connectivity index (χ1) is 7.56. The van der Waals surface area contributed by atoms with Gasteiger partial charge in [-0.2, -0.15) is 0 Å². The molecule has 1 aliphatic rings. The van der Waals surface area contributed by atoms with Crippen molar-refractivity contribution in [3.05, 3.63) is 0 Å². The lowest BCUT2D eigenvalue weighted by atomic mass is 10.1. The first-order valence-corrected chi connectivity index (χ1v) is 7.40. The average molecular weight is 250 g/mol. The Morgan fingerprint density at radius 1 is 1.38 bits per heavy atom. The van der Waals surface area contributed by atoms with Crippen molar-refractivity contribution < 1.29 is 13.2 Å². The van der Waals surface area contributed by atoms with Crippen molar-refractivity contribution in [3.63, 3.8) is 0 Å². The quantitative estimate of drug-likeness (QED) is 0.701. The lowest BCUT2D eigenvalue weighted by Crippen LogP contribution is -2.45. The van der Waals surface area contributed by atoms with Crippen LogP contribution in [0.3, 0.4) is 0 Å². The summed E-state index contributed by atoms with van der Waals surface area (Å²) in [6.07, 6.45) is 1.54. The Balaban J connectivity index is 2.42. The zero-order valence-electron chi connectivity index (χ0n) is 10.0. The zero-order valence-corrected chi connectivity index (χ0v) is 10.8. The van der Waals surface area contributed by atoms with Gasteiger partial charge in [-0.3, -0.25) is 0 Å². The van der Waals surface area contributed by atoms with Gasteiger partial charge >= 0.3 is 0 Å². The molecule has 1 fully saturated rings. The van der Waals surface area contributed by atoms with Gasteiger partial charge in [0.1, 0.15) is 0 Å². The van der Waals surface area contributed by atoms with Gasteiger partial charge in [-0.25, -0.2) is 13.1 Å². The fraction of sp³-hybridized carbons (Fsp3) is 1.00. The van der Waals surface area contributed by atoms with Crippen molar-refractivity contribution >= 4 is 10.0 Å². The highest BCUT2D eigenvalue weighted by Gasteiger charge is 2.25. The lowest BCUT2D eigenvalue weighted by molar-refractivity contribution is 0.0831. The molecule has 0 aliphatic carbocycles. The summed E-state index contributed by atoms with van der Waals surface area (Å²) in [6.45, 7) is 6.27. The Hall–Kier alpha value is -0.170. The number of ether oxygens (including phenoxy) is 1. The Bertz CT molecular complexity index is 286. The topological polar surface area (TPSA) is 67.4 Å². The van der Waals surface area contributed by atoms with E-state index in [0.717, 1.165) is 19.4 Å². The van der Waals surface area contributed by atoms with Gasteiger partial charge < -0.3 is 10.1 Å². The molecule has 0 aromatic rings. The summed E-state index contributed by atoms with van der Waals surface area (Å²) in [6, 6.07) is 0.0443. The summed E-state index contributed by atoms with van der Waals surface area (Å²) in [5.41, 5.74) is 0. The van der Waals surface area contributed by atoms with E-state index < -0.39 is 15.3 Å². The Morgan fingerprint density at radius 3 is 2.56 bits per heavy atom. The van der Waals surface area contributed by atoms with Crippen molar-refractivity contribution in [1.82, 2.24) is 10.0 Å². The second-order valence-electron chi connectivity index (χ2n) is 4.17. The summed E-state index contributed by atoms with van der Waals surface area (Å²) >= 11 is 0. The van der Waals surface area contributed by atoms with E-state index in [4.69, 9.17) is 4.74 Å². The molecule has 1 rings (SSSR count). The first kappa shape index (κ1) is 13.9. The van der Waals surface area contributed by atoms with Gasteiger partial charge in [0.25, 0.3) is 0 Å². The van der Waals surface area contributed by atoms with E-state index in [2.05, 4.69) is 10.0 Å². The summed E-state index contributed by atoms with van der Waals surface area (Å²) < 4.78 is 31.8. The molecular formula is C10H22N2O3S. The van der Waals surface area contributed by atoms with Gasteiger partial charge in [0.05, 0.1) is 5.25 Å². The third kappa shape index (κ3) is 4.37. The standard InChI is InChI=1S/C10H22N2O3S/c1-3-11-8-9(2)16(13,14)12-10-4-6-15-7-5-10/h9-12H,3-8H2,1-2H3. The fourth-order valence-corrected chi connectivity index (χ4v) is 2.89. The molecule has 0 amide bonds. The van der Waals surface area contributed by atoms with E-state index in [9.17, 15) is 8.42 Å². The molecule has 2 N–H and O–H groups in total. The highest BCUT2D eigenvalue weighted by Crippen LogP contribution is 2.09. The fourth-order valence-electron chi connectivity index (χ4n) is 1.62. The van der Waals surface area contributed by atoms with Crippen LogP contribution < -0.4 is 10.0 Å². The molecule has 16 heavy (non-hydrogen) atoms. The van der Waals surface area contributed by atoms with Gasteiger partial charge in [-0.15, -0.1) is 0 Å². The molecule has 1 saturated heterocycles. The highest BCUT2D eigenvalue weighted by atomic mass is 32.2. The number of hydrogen-bond acceptors (Lipinski definition) is 4. The number of rotatable bonds is 6. The summed E-state index contributed by atoms with van der Waals surface area (Å²) in [5.74, 6) is 0. The van der Waals surface area contributed by atoms with Crippen LogP contribution in [0, 0.1) is 0 Å². The highest BCUT2D eigenvalue weighted by molar-refractivity contribution is 7.90. The molecule has 96 valence electrons. The number of hydrogen-bond donors (Lipinski definition) is 2. The van der Waals surface area contributed by atoms with Crippen molar-refractivity contribution in [3.8, 4) is 0 Å². The Morgan fingerprint density at radius 2 is 2.00 bits per heavy atom. The molecule has 5 nitrogen and oxygen atoms in total. The van der Waals surface area contributed by atoms with Gasteiger partial charge in [0, 0.05) is 25.8 Å². The Kier molecular flexibility index (Phi) is 5.68. The molecule has 0 radical (unpaired) electrons. The second kappa shape index (κ2) is 6.54. The Labute approximate surface area is 98.0 Å². The molecule has 6 heteroatoms. The van der Waals surface area contributed by atoms with Gasteiger partial charge in [-0.05, 0) is 26.3 Å². The zero-order chi connectivity index (χ0) is 12.0. The summed E-state index contributed by atoms with van der Waals surface area (Å²) in [7, 11) is -3.20. The van der Waals surface area contributed by atoms with E-state index >= 15 is 0 Å². The van der Waals surface area contributed by atoms with Crippen LogP contribution in [-0.4, -0.2) is 46.0 Å². The number of nitrogens with one attached hydrogen (secondary N) is 2. The van der Waals surface area contributed by atoms with Crippen LogP contribution in [-0.2, 0) is 14.8 Å². The predicted octanol–water partition coefficient (Wildman–Crippen LogP) is 0.0828. The van der Waals surface area contributed by atoms with Crippen LogP contribution >= 0.6 is 0 Å². The van der Waals surface area contributed by atoms with Crippen LogP contribution in [0.25, 0.3) is 0 Å². The third-order valence-corrected chi connectivity index (χ3v) is 4.65. The van der Waals surface area contributed by atoms with E-state index in [1.807, 2.05) is 6.92 Å². The summed E-state index contributed by atoms with van der Waals surface area (Å²) in [5, 5.41) is 2.65. The SMILES string of the molecule is CCNCC(C)S(=O)(=O)NC1CCOCC1. The van der Waals surface area contributed by atoms with Crippen molar-refractivity contribution in [2.24, 2.45) is 0 Å². The van der Waals surface area contributed by atoms with Crippen LogP contribution in [0.4, 0.5) is 0 Å². The minimum absolute atomic E-state index is 0.0443. The van der Waals surface area contributed by atoms with Gasteiger partial charge in [-0.1, -0.05) is 6.92 Å². The third-order valence-electron chi connectivity index (χ3n) is 2.76. The lowest BCUT2D eigenvalue weighted by Gasteiger charge is -2.24. The average Bonchev–Trinajstić information content (AvgIpc) is 2.26. The largest absolute Gasteiger partial charge is 0.381 e. The second-order valence-corrected chi connectivity index (χ2v) is 6.30. The minimum Gasteiger partial charge on any atom is -0.381 e. The van der Waals surface area contributed by atoms with Gasteiger partial charge in [0.15, 0.2) is 0 Å². The summed E-state index contributed by atoms with van der Waals surface area (Å²) in [4.78, 5) is 0. The molecule has 0 bridgehead atoms. The van der Waals surface area contributed by atoms with E-state index in [-0.39, 0.29) is 6.04 Å². The van der Waals surface area contributed by atoms with Gasteiger partial charge in [0.2, 0.25) is 10.0 Å². The van der Waals surface area contributed by atoms with Crippen LogP contribution in [0.1, 0.15) is 26.7 Å². The smallest absolute Gasteiger partial charge is 0.215 e. The van der Waals surface area contributed by atoms with Crippen molar-refractivity contribution in [2.75, 3.05) is 26.3 Å². The van der Waals surface area contributed by atoms with E-state index in [0.29, 0.717) is 19.8 Å². The molecule has 0 saturated carbocycles. The monoisotopic (exact) mass is 250 g/mol. The van der Waals surface area contributed by atoms with Crippen molar-refractivity contribution in [2.45, 2.75) is 38.0 Å². The predicted molar refractivity (Wildman–Crippen MR) is 63.9 cm³/mol. The molecule has 0 spiro atoms. The maximum absolute atomic E-state index is 11.9. The molecule has 1 aliphatic heterocycles. The van der Waals surface area contributed by atoms with Crippen LogP contribution in [0.2, 0.25) is 0 Å².